The van der Waals surface area contributed by atoms with Crippen molar-refractivity contribution in [2.75, 3.05) is 18.0 Å². The molecule has 0 unspecified atom stereocenters. The van der Waals surface area contributed by atoms with Crippen LogP contribution in [0.3, 0.4) is 0 Å². The van der Waals surface area contributed by atoms with Gasteiger partial charge in [0.2, 0.25) is 0 Å². The molecular weight excluding hydrogens is 160 g/mol. The summed E-state index contributed by atoms with van der Waals surface area (Å²) in [5.41, 5.74) is 1.14. The van der Waals surface area contributed by atoms with Crippen LogP contribution in [0.5, 0.6) is 0 Å². The van der Waals surface area contributed by atoms with Crippen LogP contribution in [0.4, 0.5) is 5.69 Å². The van der Waals surface area contributed by atoms with Gasteiger partial charge in [0.1, 0.15) is 0 Å². The topological polar surface area (TPSA) is 16.1 Å². The van der Waals surface area contributed by atoms with Crippen LogP contribution in [0.15, 0.2) is 18.5 Å². The lowest BCUT2D eigenvalue weighted by Crippen LogP contribution is -2.36. The summed E-state index contributed by atoms with van der Waals surface area (Å²) in [5.74, 6) is 0. The second-order valence-corrected chi connectivity index (χ2v) is 3.14. The van der Waals surface area contributed by atoms with Crippen molar-refractivity contribution in [1.82, 2.24) is 4.98 Å². The van der Waals surface area contributed by atoms with Crippen LogP contribution >= 0.6 is 11.6 Å². The summed E-state index contributed by atoms with van der Waals surface area (Å²) in [6.45, 7) is 2.28. The Labute approximate surface area is 70.8 Å². The third-order valence-electron chi connectivity index (χ3n) is 1.91. The van der Waals surface area contributed by atoms with Gasteiger partial charge >= 0.3 is 0 Å². The molecular formula is C8H9ClN2. The van der Waals surface area contributed by atoms with Gasteiger partial charge in [-0.25, -0.2) is 0 Å². The van der Waals surface area contributed by atoms with E-state index in [4.69, 9.17) is 11.6 Å². The Kier molecular flexibility index (Phi) is 1.70. The van der Waals surface area contributed by atoms with Crippen molar-refractivity contribution >= 4 is 17.3 Å². The molecule has 2 heterocycles. The Morgan fingerprint density at radius 2 is 2.18 bits per heavy atom. The number of hydrogen-bond acceptors (Lipinski definition) is 2. The molecule has 0 spiro atoms. The molecule has 11 heavy (non-hydrogen) atoms. The number of halogens is 1. The van der Waals surface area contributed by atoms with Gasteiger partial charge in [-0.2, -0.15) is 0 Å². The molecule has 3 heteroatoms. The predicted octanol–water partition coefficient (Wildman–Crippen LogP) is 1.95. The number of rotatable bonds is 1. The molecule has 0 aromatic carbocycles. The van der Waals surface area contributed by atoms with E-state index < -0.39 is 0 Å². The Morgan fingerprint density at radius 1 is 1.36 bits per heavy atom. The molecule has 1 fully saturated rings. The first-order chi connectivity index (χ1) is 5.36. The number of pyridine rings is 1. The minimum atomic E-state index is 0.717. The van der Waals surface area contributed by atoms with Gasteiger partial charge in [-0.15, -0.1) is 0 Å². The van der Waals surface area contributed by atoms with Crippen LogP contribution in [0, 0.1) is 0 Å². The lowest BCUT2D eigenvalue weighted by Gasteiger charge is -2.32. The van der Waals surface area contributed by atoms with Crippen LogP contribution in [0.2, 0.25) is 5.02 Å². The first kappa shape index (κ1) is 6.92. The van der Waals surface area contributed by atoms with E-state index in [1.54, 1.807) is 6.20 Å². The van der Waals surface area contributed by atoms with Crippen molar-refractivity contribution in [3.8, 4) is 0 Å². The van der Waals surface area contributed by atoms with Crippen LogP contribution in [-0.2, 0) is 0 Å². The van der Waals surface area contributed by atoms with Gasteiger partial charge < -0.3 is 4.90 Å². The number of anilines is 1. The first-order valence-electron chi connectivity index (χ1n) is 3.72. The molecule has 1 aliphatic rings. The molecule has 2 rings (SSSR count). The average molecular weight is 169 g/mol. The van der Waals surface area contributed by atoms with Gasteiger partial charge in [0, 0.05) is 19.3 Å². The zero-order valence-corrected chi connectivity index (χ0v) is 6.88. The van der Waals surface area contributed by atoms with Crippen molar-refractivity contribution in [3.63, 3.8) is 0 Å². The van der Waals surface area contributed by atoms with E-state index in [1.165, 1.54) is 6.42 Å². The summed E-state index contributed by atoms with van der Waals surface area (Å²) in [6.07, 6.45) is 4.79. The Hall–Kier alpha value is -0.760. The highest BCUT2D eigenvalue weighted by Crippen LogP contribution is 2.21. The normalized spacial score (nSPS) is 16.3. The fraction of sp³-hybridized carbons (Fsp3) is 0.375. The van der Waals surface area contributed by atoms with E-state index in [0.29, 0.717) is 0 Å². The van der Waals surface area contributed by atoms with E-state index in [0.717, 1.165) is 23.8 Å². The molecule has 0 atom stereocenters. The maximum absolute atomic E-state index is 5.78. The van der Waals surface area contributed by atoms with Gasteiger partial charge in [0.15, 0.2) is 0 Å². The third kappa shape index (κ3) is 1.31. The highest BCUT2D eigenvalue weighted by Gasteiger charge is 2.14. The number of aromatic nitrogens is 1. The number of hydrogen-bond donors (Lipinski definition) is 0. The molecule has 0 N–H and O–H groups in total. The molecule has 0 aliphatic carbocycles. The van der Waals surface area contributed by atoms with E-state index in [-0.39, 0.29) is 0 Å². The Balaban J connectivity index is 2.23. The van der Waals surface area contributed by atoms with Crippen molar-refractivity contribution in [1.29, 1.82) is 0 Å². The lowest BCUT2D eigenvalue weighted by atomic mass is 10.2. The molecule has 1 aromatic rings. The van der Waals surface area contributed by atoms with Crippen molar-refractivity contribution in [2.45, 2.75) is 6.42 Å². The predicted molar refractivity (Wildman–Crippen MR) is 46.1 cm³/mol. The van der Waals surface area contributed by atoms with Crippen LogP contribution < -0.4 is 4.90 Å². The molecule has 0 radical (unpaired) electrons. The molecule has 1 aromatic heterocycles. The summed E-state index contributed by atoms with van der Waals surface area (Å²) in [5, 5.41) is 0.717. The fourth-order valence-electron chi connectivity index (χ4n) is 1.15. The number of nitrogens with zero attached hydrogens (tertiary/aromatic N) is 2. The van der Waals surface area contributed by atoms with E-state index in [9.17, 15) is 0 Å². The molecule has 0 bridgehead atoms. The lowest BCUT2D eigenvalue weighted by molar-refractivity contribution is 0.617. The van der Waals surface area contributed by atoms with Gasteiger partial charge in [-0.3, -0.25) is 4.98 Å². The monoisotopic (exact) mass is 168 g/mol. The Morgan fingerprint density at radius 3 is 2.73 bits per heavy atom. The average Bonchev–Trinajstić information content (AvgIpc) is 1.83. The quantitative estimate of drug-likeness (QED) is 0.637. The van der Waals surface area contributed by atoms with E-state index >= 15 is 0 Å². The fourth-order valence-corrected chi connectivity index (χ4v) is 1.32. The van der Waals surface area contributed by atoms with Gasteiger partial charge in [-0.05, 0) is 12.5 Å². The standard InChI is InChI=1S/C8H9ClN2/c9-7-4-8(6-10-5-7)11-2-1-3-11/h4-6H,1-3H2. The largest absolute Gasteiger partial charge is 0.370 e. The maximum atomic E-state index is 5.78. The highest BCUT2D eigenvalue weighted by molar-refractivity contribution is 6.30. The van der Waals surface area contributed by atoms with Crippen LogP contribution in [0.25, 0.3) is 0 Å². The third-order valence-corrected chi connectivity index (χ3v) is 2.12. The van der Waals surface area contributed by atoms with E-state index in [1.807, 2.05) is 12.3 Å². The minimum absolute atomic E-state index is 0.717. The Bertz CT molecular complexity index is 258. The second-order valence-electron chi connectivity index (χ2n) is 2.70. The zero-order chi connectivity index (χ0) is 7.68. The zero-order valence-electron chi connectivity index (χ0n) is 6.13. The van der Waals surface area contributed by atoms with E-state index in [2.05, 4.69) is 9.88 Å². The summed E-state index contributed by atoms with van der Waals surface area (Å²) in [4.78, 5) is 6.28. The smallest absolute Gasteiger partial charge is 0.0609 e. The van der Waals surface area contributed by atoms with Crippen LogP contribution in [0.1, 0.15) is 6.42 Å². The highest BCUT2D eigenvalue weighted by atomic mass is 35.5. The summed E-state index contributed by atoms with van der Waals surface area (Å²) < 4.78 is 0. The molecule has 0 amide bonds. The molecule has 0 saturated carbocycles. The van der Waals surface area contributed by atoms with Crippen molar-refractivity contribution in [2.24, 2.45) is 0 Å². The van der Waals surface area contributed by atoms with Crippen molar-refractivity contribution < 1.29 is 0 Å². The molecule has 1 saturated heterocycles. The minimum Gasteiger partial charge on any atom is -0.370 e. The second kappa shape index (κ2) is 2.70. The van der Waals surface area contributed by atoms with Gasteiger partial charge in [0.05, 0.1) is 16.9 Å². The van der Waals surface area contributed by atoms with Gasteiger partial charge in [0.25, 0.3) is 0 Å². The first-order valence-corrected chi connectivity index (χ1v) is 4.09. The summed E-state index contributed by atoms with van der Waals surface area (Å²) in [7, 11) is 0. The summed E-state index contributed by atoms with van der Waals surface area (Å²) in [6, 6.07) is 1.95. The van der Waals surface area contributed by atoms with Crippen molar-refractivity contribution in [3.05, 3.63) is 23.5 Å². The van der Waals surface area contributed by atoms with Gasteiger partial charge in [-0.1, -0.05) is 11.6 Å². The molecule has 2 nitrogen and oxygen atoms in total. The molecule has 1 aliphatic heterocycles. The van der Waals surface area contributed by atoms with Crippen LogP contribution in [-0.4, -0.2) is 18.1 Å². The SMILES string of the molecule is Clc1cncc(N2CCC2)c1. The molecule has 58 valence electrons. The maximum Gasteiger partial charge on any atom is 0.0609 e. The summed E-state index contributed by atoms with van der Waals surface area (Å²) >= 11 is 5.78.